The molecule has 0 fully saturated rings. The summed E-state index contributed by atoms with van der Waals surface area (Å²) in [5, 5.41) is 0. The van der Waals surface area contributed by atoms with E-state index in [1.54, 1.807) is 0 Å². The molecule has 104 valence electrons. The maximum Gasteiger partial charge on any atom is 2.00 e. The predicted octanol–water partition coefficient (Wildman–Crippen LogP) is 5.48. The monoisotopic (exact) mass is 379 g/mol. The summed E-state index contributed by atoms with van der Waals surface area (Å²) in [5.74, 6) is 0. The SMILES string of the molecule is F[PH+](F)F.F[PH+](F)F.F[PH+](F)F.[C-]#[O+].[C-]#[O+].[Fe+2]. The van der Waals surface area contributed by atoms with Gasteiger partial charge in [0.15, 0.2) is 0 Å². The molecule has 0 aliphatic rings. The van der Waals surface area contributed by atoms with E-state index in [9.17, 15) is 37.8 Å². The second-order valence-corrected chi connectivity index (χ2v) is 1.93. The summed E-state index contributed by atoms with van der Waals surface area (Å²) in [6, 6.07) is 0. The fourth-order valence-electron chi connectivity index (χ4n) is 0. The normalized spacial score (nSPS) is 6.59. The summed E-state index contributed by atoms with van der Waals surface area (Å²) >= 11 is 0. The Bertz CT molecular complexity index is 105. The van der Waals surface area contributed by atoms with Gasteiger partial charge in [-0.2, -0.15) is 0 Å². The van der Waals surface area contributed by atoms with Crippen molar-refractivity contribution in [2.75, 3.05) is 0 Å². The van der Waals surface area contributed by atoms with Crippen LogP contribution in [0.2, 0.25) is 0 Å². The van der Waals surface area contributed by atoms with Crippen LogP contribution in [-0.2, 0) is 26.4 Å². The van der Waals surface area contributed by atoms with Crippen molar-refractivity contribution in [1.82, 2.24) is 0 Å². The summed E-state index contributed by atoms with van der Waals surface area (Å²) < 4.78 is 103. The number of rotatable bonds is 0. The van der Waals surface area contributed by atoms with Gasteiger partial charge >= 0.3 is 66.2 Å². The Labute approximate surface area is 105 Å². The summed E-state index contributed by atoms with van der Waals surface area (Å²) in [6.45, 7) is 9.00. The molecule has 0 N–H and O–H groups in total. The molecule has 2 nitrogen and oxygen atoms in total. The largest absolute Gasteiger partial charge is 2.00 e. The molecule has 0 bridgehead atoms. The zero-order chi connectivity index (χ0) is 14.7. The first-order valence-corrected chi connectivity index (χ1v) is 5.51. The molecule has 0 spiro atoms. The summed E-state index contributed by atoms with van der Waals surface area (Å²) in [5.41, 5.74) is 0. The summed E-state index contributed by atoms with van der Waals surface area (Å²) in [4.78, 5) is 0. The Kier molecular flexibility index (Phi) is 92.9. The average molecular weight is 379 g/mol. The van der Waals surface area contributed by atoms with Crippen LogP contribution in [0.25, 0.3) is 0 Å². The fourth-order valence-corrected chi connectivity index (χ4v) is 0. The second-order valence-electron chi connectivity index (χ2n) is 0.643. The molecular formula is C2H3F9FeO2P3+5. The van der Waals surface area contributed by atoms with Gasteiger partial charge in [0.2, 0.25) is 0 Å². The van der Waals surface area contributed by atoms with E-state index >= 15 is 0 Å². The molecule has 0 amide bonds. The van der Waals surface area contributed by atoms with Gasteiger partial charge in [-0.15, -0.1) is 0 Å². The molecule has 0 radical (unpaired) electrons. The van der Waals surface area contributed by atoms with Crippen LogP contribution in [0.15, 0.2) is 0 Å². The van der Waals surface area contributed by atoms with Crippen LogP contribution in [0.1, 0.15) is 0 Å². The fraction of sp³-hybridized carbons (Fsp3) is 0. The Balaban J connectivity index is -0.0000000227. The van der Waals surface area contributed by atoms with Gasteiger partial charge in [0.25, 0.3) is 0 Å². The van der Waals surface area contributed by atoms with E-state index < -0.39 is 26.6 Å². The van der Waals surface area contributed by atoms with Crippen molar-refractivity contribution in [3.05, 3.63) is 13.3 Å². The van der Waals surface area contributed by atoms with E-state index in [2.05, 4.69) is 13.3 Å². The molecule has 0 aromatic rings. The van der Waals surface area contributed by atoms with Crippen molar-refractivity contribution in [2.45, 2.75) is 0 Å². The quantitative estimate of drug-likeness (QED) is 0.176. The molecule has 17 heavy (non-hydrogen) atoms. The topological polar surface area (TPSA) is 39.8 Å². The van der Waals surface area contributed by atoms with Crippen molar-refractivity contribution in [3.8, 4) is 0 Å². The van der Waals surface area contributed by atoms with Gasteiger partial charge in [0.1, 0.15) is 0 Å². The van der Waals surface area contributed by atoms with E-state index in [4.69, 9.17) is 9.30 Å². The number of hydrogen-bond donors (Lipinski definition) is 0. The van der Waals surface area contributed by atoms with Gasteiger partial charge in [-0.1, -0.05) is 0 Å². The van der Waals surface area contributed by atoms with Gasteiger partial charge in [-0.25, -0.2) is 0 Å². The van der Waals surface area contributed by atoms with Crippen molar-refractivity contribution < 1.29 is 64.1 Å². The van der Waals surface area contributed by atoms with Gasteiger partial charge in [0.05, 0.1) is 0 Å². The third-order valence-electron chi connectivity index (χ3n) is 0. The molecular weight excluding hydrogens is 376 g/mol. The van der Waals surface area contributed by atoms with Gasteiger partial charge in [-0.05, 0) is 0 Å². The molecule has 0 heterocycles. The Hall–Kier alpha value is 0.659. The van der Waals surface area contributed by atoms with Crippen LogP contribution >= 0.6 is 26.6 Å². The first-order valence-electron chi connectivity index (χ1n) is 2.11. The van der Waals surface area contributed by atoms with E-state index in [1.165, 1.54) is 0 Å². The molecule has 0 saturated heterocycles. The minimum Gasteiger partial charge on any atom is 2.00 e. The first-order chi connectivity index (χ1) is 7.20. The van der Waals surface area contributed by atoms with Crippen LogP contribution in [0, 0.1) is 13.3 Å². The van der Waals surface area contributed by atoms with Crippen molar-refractivity contribution in [2.24, 2.45) is 0 Å². The molecule has 0 aromatic carbocycles. The van der Waals surface area contributed by atoms with Gasteiger partial charge in [0, 0.05) is 37.8 Å². The van der Waals surface area contributed by atoms with Crippen molar-refractivity contribution in [3.63, 3.8) is 0 Å². The minimum atomic E-state index is -4.38. The summed E-state index contributed by atoms with van der Waals surface area (Å²) in [7, 11) is -13.1. The van der Waals surface area contributed by atoms with Crippen LogP contribution in [0.3, 0.4) is 0 Å². The van der Waals surface area contributed by atoms with Crippen LogP contribution in [-0.4, -0.2) is 0 Å². The second kappa shape index (κ2) is 43.8. The minimum absolute atomic E-state index is 0. The molecule has 0 unspecified atom stereocenters. The Morgan fingerprint density at radius 3 is 0.471 bits per heavy atom. The number of hydrogen-bond acceptors (Lipinski definition) is 0. The van der Waals surface area contributed by atoms with Crippen molar-refractivity contribution in [1.29, 1.82) is 0 Å². The smallest absolute Gasteiger partial charge is 2.00 e. The van der Waals surface area contributed by atoms with Crippen LogP contribution in [0.5, 0.6) is 0 Å². The maximum absolute atomic E-state index is 9.77. The Morgan fingerprint density at radius 2 is 0.471 bits per heavy atom. The average Bonchev–Trinajstić information content (AvgIpc) is 2.07. The molecule has 0 saturated carbocycles. The van der Waals surface area contributed by atoms with E-state index in [1.807, 2.05) is 0 Å². The molecule has 0 rings (SSSR count). The zero-order valence-electron chi connectivity index (χ0n) is 7.07. The Morgan fingerprint density at radius 1 is 0.471 bits per heavy atom. The first kappa shape index (κ1) is 36.1. The molecule has 15 heteroatoms. The van der Waals surface area contributed by atoms with Crippen molar-refractivity contribution >= 4 is 26.6 Å². The maximum atomic E-state index is 9.77. The third-order valence-corrected chi connectivity index (χ3v) is 0. The van der Waals surface area contributed by atoms with Crippen LogP contribution in [0.4, 0.5) is 37.8 Å². The number of halogens is 9. The van der Waals surface area contributed by atoms with E-state index in [-0.39, 0.29) is 17.1 Å². The van der Waals surface area contributed by atoms with E-state index in [0.717, 1.165) is 0 Å². The van der Waals surface area contributed by atoms with Gasteiger partial charge in [-0.3, -0.25) is 0 Å². The van der Waals surface area contributed by atoms with E-state index in [0.29, 0.717) is 0 Å². The predicted molar refractivity (Wildman–Crippen MR) is 42.8 cm³/mol. The molecule has 0 aliphatic heterocycles. The molecule has 0 atom stereocenters. The van der Waals surface area contributed by atoms with Crippen LogP contribution < -0.4 is 0 Å². The molecule has 0 aromatic heterocycles. The summed E-state index contributed by atoms with van der Waals surface area (Å²) in [6.07, 6.45) is 0. The third kappa shape index (κ3) is 8230. The zero-order valence-corrected chi connectivity index (χ0v) is 11.2. The molecule has 0 aliphatic carbocycles. The van der Waals surface area contributed by atoms with Gasteiger partial charge < -0.3 is 0 Å². The standard InChI is InChI=1S/2CO.3F3HP.Fe/c2*1-2;3*1-4(2)3;/h;;3*4H;/q;;3*+1;+2.